The van der Waals surface area contributed by atoms with E-state index in [-0.39, 0.29) is 5.41 Å². The summed E-state index contributed by atoms with van der Waals surface area (Å²) in [6, 6.07) is 8.36. The molecule has 0 atom stereocenters. The Morgan fingerprint density at radius 3 is 1.70 bits per heavy atom. The Morgan fingerprint density at radius 2 is 1.35 bits per heavy atom. The van der Waals surface area contributed by atoms with Gasteiger partial charge in [-0.05, 0) is 0 Å². The molecule has 2 rings (SSSR count). The van der Waals surface area contributed by atoms with E-state index >= 15 is 0 Å². The molecule has 0 radical (unpaired) electrons. The van der Waals surface area contributed by atoms with E-state index in [4.69, 9.17) is 9.47 Å². The molecule has 0 aliphatic heterocycles. The topological polar surface area (TPSA) is 18.5 Å². The molecule has 2 nitrogen and oxygen atoms in total. The Kier molecular flexibility index (Phi) is 8.01. The van der Waals surface area contributed by atoms with Gasteiger partial charge < -0.3 is 0 Å². The third-order valence-corrected chi connectivity index (χ3v) is 6.59. The summed E-state index contributed by atoms with van der Waals surface area (Å²) in [6.07, 6.45) is 1.47. The number of rotatable bonds is 6. The van der Waals surface area contributed by atoms with Gasteiger partial charge in [-0.2, -0.15) is 0 Å². The fourth-order valence-electron chi connectivity index (χ4n) is 2.26. The summed E-state index contributed by atoms with van der Waals surface area (Å²) in [5.74, 6) is 13.2. The first kappa shape index (κ1) is 18.4. The SMILES string of the molecule is COCC(CC#Cc1ccc[se]1)(CC#Cc1ccc[se]1)COC. The van der Waals surface area contributed by atoms with Crippen molar-refractivity contribution in [3.05, 3.63) is 43.0 Å². The molecule has 0 spiro atoms. The van der Waals surface area contributed by atoms with Crippen molar-refractivity contribution in [1.29, 1.82) is 0 Å². The molecule has 0 bridgehead atoms. The zero-order valence-corrected chi connectivity index (χ0v) is 16.9. The van der Waals surface area contributed by atoms with Crippen LogP contribution in [0.3, 0.4) is 0 Å². The normalized spacial score (nSPS) is 10.5. The molecule has 0 aromatic carbocycles. The van der Waals surface area contributed by atoms with E-state index in [2.05, 4.69) is 57.8 Å². The van der Waals surface area contributed by atoms with Crippen LogP contribution in [0.25, 0.3) is 0 Å². The molecule has 0 aliphatic carbocycles. The molecule has 0 amide bonds. The molecule has 23 heavy (non-hydrogen) atoms. The fourth-order valence-corrected chi connectivity index (χ4v) is 4.74. The van der Waals surface area contributed by atoms with Crippen molar-refractivity contribution in [2.45, 2.75) is 12.8 Å². The quantitative estimate of drug-likeness (QED) is 0.509. The molecule has 4 heteroatoms. The van der Waals surface area contributed by atoms with Crippen molar-refractivity contribution in [2.24, 2.45) is 5.41 Å². The second-order valence-electron chi connectivity index (χ2n) is 5.28. The average molecular weight is 438 g/mol. The molecule has 120 valence electrons. The maximum absolute atomic E-state index is 5.44. The minimum absolute atomic E-state index is 0.164. The van der Waals surface area contributed by atoms with Crippen LogP contribution in [0.4, 0.5) is 0 Å². The van der Waals surface area contributed by atoms with Crippen LogP contribution in [0.5, 0.6) is 0 Å². The van der Waals surface area contributed by atoms with Crippen LogP contribution in [0.1, 0.15) is 21.7 Å². The molecule has 2 heterocycles. The van der Waals surface area contributed by atoms with Gasteiger partial charge in [0, 0.05) is 0 Å². The third kappa shape index (κ3) is 6.21. The molecule has 0 saturated carbocycles. The number of hydrogen-bond donors (Lipinski definition) is 0. The molecule has 0 fully saturated rings. The average Bonchev–Trinajstić information content (AvgIpc) is 3.21. The van der Waals surface area contributed by atoms with Crippen molar-refractivity contribution < 1.29 is 9.47 Å². The van der Waals surface area contributed by atoms with E-state index in [0.29, 0.717) is 42.2 Å². The molecule has 0 N–H and O–H groups in total. The second kappa shape index (κ2) is 10.0. The summed E-state index contributed by atoms with van der Waals surface area (Å²) in [4.78, 5) is 4.37. The van der Waals surface area contributed by atoms with E-state index in [9.17, 15) is 0 Å². The van der Waals surface area contributed by atoms with Crippen LogP contribution >= 0.6 is 0 Å². The minimum atomic E-state index is -0.164. The Balaban J connectivity index is 2.09. The summed E-state index contributed by atoms with van der Waals surface area (Å²) in [5.41, 5.74) is -0.164. The third-order valence-electron chi connectivity index (χ3n) is 3.29. The van der Waals surface area contributed by atoms with Gasteiger partial charge in [-0.1, -0.05) is 0 Å². The summed E-state index contributed by atoms with van der Waals surface area (Å²) >= 11 is 0.810. The van der Waals surface area contributed by atoms with Gasteiger partial charge in [0.1, 0.15) is 0 Å². The zero-order chi connectivity index (χ0) is 16.4. The molecular formula is C19H20O2Se2. The van der Waals surface area contributed by atoms with E-state index in [0.717, 1.165) is 12.8 Å². The molecule has 0 saturated heterocycles. The van der Waals surface area contributed by atoms with Gasteiger partial charge in [-0.25, -0.2) is 0 Å². The summed E-state index contributed by atoms with van der Waals surface area (Å²) < 4.78 is 13.4. The van der Waals surface area contributed by atoms with E-state index in [1.807, 2.05) is 0 Å². The second-order valence-corrected chi connectivity index (χ2v) is 9.25. The molecule has 2 aromatic rings. The fraction of sp³-hybridized carbons (Fsp3) is 0.368. The Hall–Kier alpha value is -0.961. The number of methoxy groups -OCH3 is 2. The number of ether oxygens (including phenoxy) is 2. The first-order valence-electron chi connectivity index (χ1n) is 7.31. The predicted molar refractivity (Wildman–Crippen MR) is 95.9 cm³/mol. The molecule has 0 aliphatic rings. The predicted octanol–water partition coefficient (Wildman–Crippen LogP) is 2.26. The van der Waals surface area contributed by atoms with Crippen molar-refractivity contribution in [3.63, 3.8) is 0 Å². The standard InChI is InChI=1S/C19H20O2Se2/c1-20-15-19(16-21-2,11-3-7-17-9-5-13-22-17)12-4-8-18-10-6-14-23-18/h5-6,9-10,13-14H,11-12,15-16H2,1-2H3. The van der Waals surface area contributed by atoms with Crippen LogP contribution in [-0.2, 0) is 9.47 Å². The van der Waals surface area contributed by atoms with E-state index in [1.165, 1.54) is 8.87 Å². The Bertz CT molecular complexity index is 617. The van der Waals surface area contributed by atoms with Gasteiger partial charge in [0.05, 0.1) is 0 Å². The van der Waals surface area contributed by atoms with Gasteiger partial charge >= 0.3 is 151 Å². The van der Waals surface area contributed by atoms with Crippen LogP contribution in [0.2, 0.25) is 0 Å². The van der Waals surface area contributed by atoms with E-state index in [1.54, 1.807) is 14.2 Å². The summed E-state index contributed by atoms with van der Waals surface area (Å²) in [7, 11) is 3.45. The zero-order valence-electron chi connectivity index (χ0n) is 13.4. The number of hydrogen-bond acceptors (Lipinski definition) is 2. The van der Waals surface area contributed by atoms with Crippen molar-refractivity contribution >= 4 is 29.0 Å². The van der Waals surface area contributed by atoms with Crippen LogP contribution in [0, 0.1) is 29.1 Å². The van der Waals surface area contributed by atoms with Gasteiger partial charge in [0.15, 0.2) is 0 Å². The van der Waals surface area contributed by atoms with Gasteiger partial charge in [0.25, 0.3) is 0 Å². The Morgan fingerprint density at radius 1 is 0.870 bits per heavy atom. The van der Waals surface area contributed by atoms with Crippen LogP contribution in [0.15, 0.2) is 34.1 Å². The Labute approximate surface area is 150 Å². The molecular weight excluding hydrogens is 418 g/mol. The van der Waals surface area contributed by atoms with Crippen LogP contribution in [-0.4, -0.2) is 56.4 Å². The first-order chi connectivity index (χ1) is 11.3. The van der Waals surface area contributed by atoms with Gasteiger partial charge in [0.2, 0.25) is 0 Å². The molecule has 0 unspecified atom stereocenters. The maximum atomic E-state index is 5.44. The van der Waals surface area contributed by atoms with E-state index < -0.39 is 0 Å². The van der Waals surface area contributed by atoms with Crippen molar-refractivity contribution in [2.75, 3.05) is 27.4 Å². The molecule has 2 aromatic heterocycles. The van der Waals surface area contributed by atoms with Crippen molar-refractivity contribution in [3.8, 4) is 23.7 Å². The van der Waals surface area contributed by atoms with Crippen LogP contribution < -0.4 is 0 Å². The first-order valence-corrected chi connectivity index (χ1v) is 11.0. The summed E-state index contributed by atoms with van der Waals surface area (Å²) in [6.45, 7) is 1.21. The monoisotopic (exact) mass is 440 g/mol. The van der Waals surface area contributed by atoms with Crippen molar-refractivity contribution in [1.82, 2.24) is 0 Å². The summed E-state index contributed by atoms with van der Waals surface area (Å²) in [5, 5.41) is 0. The van der Waals surface area contributed by atoms with Gasteiger partial charge in [-0.15, -0.1) is 0 Å². The van der Waals surface area contributed by atoms with Gasteiger partial charge in [-0.3, -0.25) is 0 Å².